The molecule has 0 unspecified atom stereocenters. The lowest BCUT2D eigenvalue weighted by molar-refractivity contribution is 0.0622. The van der Waals surface area contributed by atoms with Crippen molar-refractivity contribution < 1.29 is 13.7 Å². The van der Waals surface area contributed by atoms with Crippen molar-refractivity contribution in [2.75, 3.05) is 26.2 Å². The van der Waals surface area contributed by atoms with Crippen LogP contribution in [0, 0.1) is 6.92 Å². The standard InChI is InChI=1S/C23H22N6O3/c1-16-13-25-19(14-24-16)23(30)29-9-7-28(8-10-29)15-17-4-2-5-18(12-17)21-26-22(32-27-21)20-6-3-11-31-20/h2-6,11-14H,7-10,15H2,1H3. The molecule has 1 amide bonds. The van der Waals surface area contributed by atoms with Crippen molar-refractivity contribution >= 4 is 5.91 Å². The van der Waals surface area contributed by atoms with E-state index in [1.54, 1.807) is 30.8 Å². The van der Waals surface area contributed by atoms with Gasteiger partial charge < -0.3 is 13.8 Å². The normalized spacial score (nSPS) is 14.6. The number of hydrogen-bond donors (Lipinski definition) is 0. The molecule has 1 fully saturated rings. The lowest BCUT2D eigenvalue weighted by Crippen LogP contribution is -2.48. The number of aromatic nitrogens is 4. The van der Waals surface area contributed by atoms with Crippen LogP contribution in [0.5, 0.6) is 0 Å². The molecule has 0 spiro atoms. The van der Waals surface area contributed by atoms with E-state index in [4.69, 9.17) is 8.94 Å². The Labute approximate surface area is 184 Å². The van der Waals surface area contributed by atoms with E-state index in [1.807, 2.05) is 24.0 Å². The van der Waals surface area contributed by atoms with Gasteiger partial charge in [0, 0.05) is 44.5 Å². The van der Waals surface area contributed by atoms with Crippen LogP contribution in [0.4, 0.5) is 0 Å². The summed E-state index contributed by atoms with van der Waals surface area (Å²) in [7, 11) is 0. The highest BCUT2D eigenvalue weighted by Gasteiger charge is 2.23. The lowest BCUT2D eigenvalue weighted by atomic mass is 10.1. The zero-order valence-electron chi connectivity index (χ0n) is 17.6. The Hall–Kier alpha value is -3.85. The van der Waals surface area contributed by atoms with E-state index in [2.05, 4.69) is 37.1 Å². The van der Waals surface area contributed by atoms with Crippen molar-refractivity contribution in [1.29, 1.82) is 0 Å². The monoisotopic (exact) mass is 430 g/mol. The number of nitrogens with zero attached hydrogens (tertiary/aromatic N) is 6. The van der Waals surface area contributed by atoms with Crippen LogP contribution in [0.2, 0.25) is 0 Å². The van der Waals surface area contributed by atoms with E-state index in [9.17, 15) is 4.79 Å². The summed E-state index contributed by atoms with van der Waals surface area (Å²) >= 11 is 0. The fraction of sp³-hybridized carbons (Fsp3) is 0.261. The van der Waals surface area contributed by atoms with Gasteiger partial charge >= 0.3 is 0 Å². The molecule has 0 N–H and O–H groups in total. The maximum absolute atomic E-state index is 12.6. The van der Waals surface area contributed by atoms with Crippen LogP contribution < -0.4 is 0 Å². The zero-order valence-corrected chi connectivity index (χ0v) is 17.6. The number of amides is 1. The first-order chi connectivity index (χ1) is 15.7. The molecule has 5 rings (SSSR count). The summed E-state index contributed by atoms with van der Waals surface area (Å²) in [6, 6.07) is 11.7. The van der Waals surface area contributed by atoms with Crippen LogP contribution >= 0.6 is 0 Å². The average molecular weight is 430 g/mol. The Morgan fingerprint density at radius 3 is 2.69 bits per heavy atom. The van der Waals surface area contributed by atoms with Gasteiger partial charge in [-0.15, -0.1) is 0 Å². The van der Waals surface area contributed by atoms with Gasteiger partial charge in [0.2, 0.25) is 5.82 Å². The predicted octanol–water partition coefficient (Wildman–Crippen LogP) is 3.05. The molecule has 1 aliphatic heterocycles. The number of carbonyl (C=O) groups is 1. The van der Waals surface area contributed by atoms with Gasteiger partial charge in [-0.1, -0.05) is 23.4 Å². The van der Waals surface area contributed by atoms with Crippen LogP contribution in [-0.2, 0) is 6.54 Å². The third-order valence-electron chi connectivity index (χ3n) is 5.41. The Morgan fingerprint density at radius 1 is 1.06 bits per heavy atom. The molecule has 0 aliphatic carbocycles. The smallest absolute Gasteiger partial charge is 0.293 e. The third kappa shape index (κ3) is 4.28. The number of rotatable bonds is 5. The van der Waals surface area contributed by atoms with E-state index in [0.29, 0.717) is 36.3 Å². The molecule has 32 heavy (non-hydrogen) atoms. The molecule has 0 atom stereocenters. The maximum atomic E-state index is 12.6. The fourth-order valence-electron chi connectivity index (χ4n) is 3.68. The second kappa shape index (κ2) is 8.72. The van der Waals surface area contributed by atoms with Gasteiger partial charge in [0.15, 0.2) is 5.76 Å². The molecule has 4 heterocycles. The molecular weight excluding hydrogens is 408 g/mol. The van der Waals surface area contributed by atoms with Crippen molar-refractivity contribution in [2.45, 2.75) is 13.5 Å². The molecular formula is C23H22N6O3. The number of hydrogen-bond acceptors (Lipinski definition) is 8. The molecule has 0 bridgehead atoms. The van der Waals surface area contributed by atoms with E-state index in [0.717, 1.165) is 36.5 Å². The van der Waals surface area contributed by atoms with E-state index in [-0.39, 0.29) is 5.91 Å². The summed E-state index contributed by atoms with van der Waals surface area (Å²) in [5.74, 6) is 1.36. The van der Waals surface area contributed by atoms with Gasteiger partial charge in [-0.2, -0.15) is 4.98 Å². The molecule has 162 valence electrons. The van der Waals surface area contributed by atoms with Gasteiger partial charge in [-0.25, -0.2) is 4.98 Å². The van der Waals surface area contributed by atoms with Gasteiger partial charge in [-0.05, 0) is 30.7 Å². The molecule has 1 aromatic carbocycles. The van der Waals surface area contributed by atoms with Crippen LogP contribution in [0.3, 0.4) is 0 Å². The van der Waals surface area contributed by atoms with Crippen molar-refractivity contribution in [2.24, 2.45) is 0 Å². The Morgan fingerprint density at radius 2 is 1.94 bits per heavy atom. The minimum Gasteiger partial charge on any atom is -0.459 e. The Balaban J connectivity index is 1.20. The quantitative estimate of drug-likeness (QED) is 0.476. The topological polar surface area (TPSA) is 101 Å². The summed E-state index contributed by atoms with van der Waals surface area (Å²) in [5.41, 5.74) is 3.23. The summed E-state index contributed by atoms with van der Waals surface area (Å²) < 4.78 is 10.6. The minimum absolute atomic E-state index is 0.0661. The van der Waals surface area contributed by atoms with Crippen molar-refractivity contribution in [3.63, 3.8) is 0 Å². The second-order valence-electron chi connectivity index (χ2n) is 7.71. The number of carbonyl (C=O) groups excluding carboxylic acids is 1. The van der Waals surface area contributed by atoms with Crippen LogP contribution in [0.25, 0.3) is 23.0 Å². The molecule has 3 aromatic heterocycles. The minimum atomic E-state index is -0.0661. The van der Waals surface area contributed by atoms with Crippen LogP contribution in [0.15, 0.2) is 64.0 Å². The van der Waals surface area contributed by atoms with Gasteiger partial charge in [0.1, 0.15) is 5.69 Å². The van der Waals surface area contributed by atoms with Crippen LogP contribution in [-0.4, -0.2) is 62.0 Å². The van der Waals surface area contributed by atoms with Gasteiger partial charge in [-0.3, -0.25) is 14.7 Å². The first-order valence-corrected chi connectivity index (χ1v) is 10.4. The predicted molar refractivity (Wildman–Crippen MR) is 115 cm³/mol. The van der Waals surface area contributed by atoms with Crippen molar-refractivity contribution in [3.8, 4) is 23.0 Å². The Bertz CT molecular complexity index is 1190. The van der Waals surface area contributed by atoms with Crippen LogP contribution in [0.1, 0.15) is 21.7 Å². The lowest BCUT2D eigenvalue weighted by Gasteiger charge is -2.34. The first kappa shape index (κ1) is 20.1. The summed E-state index contributed by atoms with van der Waals surface area (Å²) in [5, 5.41) is 4.08. The Kier molecular flexibility index (Phi) is 5.47. The van der Waals surface area contributed by atoms with Gasteiger partial charge in [0.25, 0.3) is 11.8 Å². The maximum Gasteiger partial charge on any atom is 0.293 e. The summed E-state index contributed by atoms with van der Waals surface area (Å²) in [4.78, 5) is 29.6. The molecule has 1 saturated heterocycles. The van der Waals surface area contributed by atoms with E-state index < -0.39 is 0 Å². The SMILES string of the molecule is Cc1cnc(C(=O)N2CCN(Cc3cccc(-c4noc(-c5ccco5)n4)c3)CC2)cn1. The van der Waals surface area contributed by atoms with E-state index in [1.165, 1.54) is 0 Å². The fourth-order valence-corrected chi connectivity index (χ4v) is 3.68. The summed E-state index contributed by atoms with van der Waals surface area (Å²) in [6.07, 6.45) is 4.74. The number of furan rings is 1. The zero-order chi connectivity index (χ0) is 21.9. The average Bonchev–Trinajstić information content (AvgIpc) is 3.52. The molecule has 0 radical (unpaired) electrons. The highest BCUT2D eigenvalue weighted by Crippen LogP contribution is 2.23. The molecule has 1 aliphatic rings. The molecule has 4 aromatic rings. The summed E-state index contributed by atoms with van der Waals surface area (Å²) in [6.45, 7) is 5.53. The second-order valence-corrected chi connectivity index (χ2v) is 7.71. The van der Waals surface area contributed by atoms with E-state index >= 15 is 0 Å². The number of benzene rings is 1. The highest BCUT2D eigenvalue weighted by atomic mass is 16.5. The third-order valence-corrected chi connectivity index (χ3v) is 5.41. The largest absolute Gasteiger partial charge is 0.459 e. The highest BCUT2D eigenvalue weighted by molar-refractivity contribution is 5.92. The van der Waals surface area contributed by atoms with Crippen molar-refractivity contribution in [1.82, 2.24) is 29.9 Å². The number of piperazine rings is 1. The van der Waals surface area contributed by atoms with Crippen molar-refractivity contribution in [3.05, 3.63) is 72.0 Å². The molecule has 9 nitrogen and oxygen atoms in total. The molecule has 9 heteroatoms. The van der Waals surface area contributed by atoms with Gasteiger partial charge in [0.05, 0.1) is 18.2 Å². The first-order valence-electron chi connectivity index (χ1n) is 10.4. The molecule has 0 saturated carbocycles. The number of aryl methyl sites for hydroxylation is 1.